The summed E-state index contributed by atoms with van der Waals surface area (Å²) < 4.78 is 0.0861. The lowest BCUT2D eigenvalue weighted by atomic mass is 10.1. The Labute approximate surface area is 128 Å². The Morgan fingerprint density at radius 3 is 2.76 bits per heavy atom. The van der Waals surface area contributed by atoms with E-state index < -0.39 is 5.97 Å². The second-order valence-corrected chi connectivity index (χ2v) is 7.12. The van der Waals surface area contributed by atoms with Crippen molar-refractivity contribution in [3.05, 3.63) is 29.8 Å². The van der Waals surface area contributed by atoms with Crippen LogP contribution in [0.5, 0.6) is 0 Å². The number of para-hydroxylation sites is 1. The molecule has 2 amide bonds. The van der Waals surface area contributed by atoms with E-state index in [2.05, 4.69) is 12.2 Å². The zero-order chi connectivity index (χ0) is 15.5. The van der Waals surface area contributed by atoms with E-state index in [1.165, 1.54) is 17.4 Å². The maximum absolute atomic E-state index is 12.2. The third-order valence-electron chi connectivity index (χ3n) is 3.71. The van der Waals surface area contributed by atoms with Gasteiger partial charge in [-0.25, -0.2) is 9.59 Å². The number of hydrogen-bond acceptors (Lipinski definition) is 3. The van der Waals surface area contributed by atoms with Crippen LogP contribution in [-0.2, 0) is 0 Å². The number of carbonyl (C=O) groups is 2. The number of amides is 2. The lowest BCUT2D eigenvalue weighted by Gasteiger charge is -2.26. The molecule has 1 aliphatic rings. The molecule has 1 saturated heterocycles. The summed E-state index contributed by atoms with van der Waals surface area (Å²) >= 11 is 1.87. The van der Waals surface area contributed by atoms with E-state index >= 15 is 0 Å². The fourth-order valence-electron chi connectivity index (χ4n) is 2.41. The predicted octanol–water partition coefficient (Wildman–Crippen LogP) is 2.82. The van der Waals surface area contributed by atoms with E-state index in [0.717, 1.165) is 12.2 Å². The number of thioether (sulfide) groups is 1. The summed E-state index contributed by atoms with van der Waals surface area (Å²) in [5, 5.41) is 12.1. The number of benzene rings is 1. The van der Waals surface area contributed by atoms with Crippen molar-refractivity contribution < 1.29 is 14.7 Å². The maximum Gasteiger partial charge on any atom is 0.337 e. The zero-order valence-electron chi connectivity index (χ0n) is 12.3. The highest BCUT2D eigenvalue weighted by Gasteiger charge is 2.30. The number of nitrogens with one attached hydrogen (secondary N) is 1. The van der Waals surface area contributed by atoms with Crippen molar-refractivity contribution in [2.24, 2.45) is 0 Å². The zero-order valence-corrected chi connectivity index (χ0v) is 13.1. The van der Waals surface area contributed by atoms with Crippen LogP contribution in [0.2, 0.25) is 0 Å². The SMILES string of the molecule is CN(C(=O)NCC1(C)CCCS1)c1ccccc1C(=O)O. The van der Waals surface area contributed by atoms with Gasteiger partial charge >= 0.3 is 12.0 Å². The van der Waals surface area contributed by atoms with E-state index in [-0.39, 0.29) is 16.3 Å². The molecule has 1 unspecified atom stereocenters. The summed E-state index contributed by atoms with van der Waals surface area (Å²) in [5.41, 5.74) is 0.517. The molecule has 0 aliphatic carbocycles. The molecule has 114 valence electrons. The van der Waals surface area contributed by atoms with Crippen molar-refractivity contribution >= 4 is 29.4 Å². The van der Waals surface area contributed by atoms with Crippen LogP contribution >= 0.6 is 11.8 Å². The van der Waals surface area contributed by atoms with Gasteiger partial charge in [-0.3, -0.25) is 4.90 Å². The number of hydrogen-bond donors (Lipinski definition) is 2. The van der Waals surface area contributed by atoms with Crippen molar-refractivity contribution in [3.8, 4) is 0 Å². The largest absolute Gasteiger partial charge is 0.478 e. The number of aromatic carboxylic acids is 1. The van der Waals surface area contributed by atoms with Crippen LogP contribution in [-0.4, -0.2) is 41.2 Å². The molecule has 0 aromatic heterocycles. The number of carbonyl (C=O) groups excluding carboxylic acids is 1. The summed E-state index contributed by atoms with van der Waals surface area (Å²) in [4.78, 5) is 24.8. The molecule has 1 aromatic carbocycles. The molecule has 1 aromatic rings. The number of urea groups is 1. The van der Waals surface area contributed by atoms with Gasteiger partial charge in [0.05, 0.1) is 11.3 Å². The minimum atomic E-state index is -1.04. The third kappa shape index (κ3) is 3.69. The Morgan fingerprint density at radius 2 is 2.14 bits per heavy atom. The average molecular weight is 308 g/mol. The topological polar surface area (TPSA) is 69.6 Å². The molecular formula is C15H20N2O3S. The van der Waals surface area contributed by atoms with Crippen LogP contribution in [0.1, 0.15) is 30.1 Å². The monoisotopic (exact) mass is 308 g/mol. The number of carboxylic acids is 1. The summed E-state index contributed by atoms with van der Waals surface area (Å²) in [6, 6.07) is 6.22. The Kier molecular flexibility index (Phi) is 4.77. The smallest absolute Gasteiger partial charge is 0.337 e. The van der Waals surface area contributed by atoms with E-state index in [1.807, 2.05) is 11.8 Å². The highest BCUT2D eigenvalue weighted by Crippen LogP contribution is 2.37. The molecule has 6 heteroatoms. The van der Waals surface area contributed by atoms with Gasteiger partial charge in [0.2, 0.25) is 0 Å². The fourth-order valence-corrected chi connectivity index (χ4v) is 3.66. The van der Waals surface area contributed by atoms with Gasteiger partial charge in [-0.05, 0) is 37.7 Å². The van der Waals surface area contributed by atoms with Crippen molar-refractivity contribution in [3.63, 3.8) is 0 Å². The van der Waals surface area contributed by atoms with Crippen LogP contribution in [0.25, 0.3) is 0 Å². The standard InChI is InChI=1S/C15H20N2O3S/c1-15(8-5-9-21-15)10-16-14(20)17(2)12-7-4-3-6-11(12)13(18)19/h3-4,6-7H,5,8-10H2,1-2H3,(H,16,20)(H,18,19). The van der Waals surface area contributed by atoms with Crippen LogP contribution in [0.15, 0.2) is 24.3 Å². The van der Waals surface area contributed by atoms with E-state index in [9.17, 15) is 14.7 Å². The molecule has 21 heavy (non-hydrogen) atoms. The molecule has 1 heterocycles. The fraction of sp³-hybridized carbons (Fsp3) is 0.467. The Bertz CT molecular complexity index is 541. The quantitative estimate of drug-likeness (QED) is 0.897. The van der Waals surface area contributed by atoms with E-state index in [0.29, 0.717) is 12.2 Å². The summed E-state index contributed by atoms with van der Waals surface area (Å²) in [6.45, 7) is 2.74. The van der Waals surface area contributed by atoms with Gasteiger partial charge in [0.1, 0.15) is 0 Å². The molecule has 2 N–H and O–H groups in total. The highest BCUT2D eigenvalue weighted by molar-refractivity contribution is 8.00. The molecule has 2 rings (SSSR count). The van der Waals surface area contributed by atoms with Crippen LogP contribution in [0.4, 0.5) is 10.5 Å². The first kappa shape index (κ1) is 15.7. The van der Waals surface area contributed by atoms with Gasteiger partial charge in [-0.1, -0.05) is 12.1 Å². The van der Waals surface area contributed by atoms with E-state index in [1.54, 1.807) is 25.2 Å². The Hall–Kier alpha value is -1.69. The minimum Gasteiger partial charge on any atom is -0.478 e. The Balaban J connectivity index is 2.04. The third-order valence-corrected chi connectivity index (χ3v) is 5.25. The lowest BCUT2D eigenvalue weighted by molar-refractivity contribution is 0.0697. The molecule has 5 nitrogen and oxygen atoms in total. The minimum absolute atomic E-state index is 0.0861. The van der Waals surface area contributed by atoms with Crippen LogP contribution in [0, 0.1) is 0 Å². The Morgan fingerprint density at radius 1 is 1.43 bits per heavy atom. The van der Waals surface area contributed by atoms with Gasteiger partial charge < -0.3 is 10.4 Å². The molecular weight excluding hydrogens is 288 g/mol. The highest BCUT2D eigenvalue weighted by atomic mass is 32.2. The second-order valence-electron chi connectivity index (χ2n) is 5.44. The van der Waals surface area contributed by atoms with Crippen molar-refractivity contribution in [2.45, 2.75) is 24.5 Å². The second kappa shape index (κ2) is 6.39. The maximum atomic E-state index is 12.2. The summed E-state index contributed by atoms with van der Waals surface area (Å²) in [5.74, 6) is 0.0907. The van der Waals surface area contributed by atoms with Gasteiger partial charge in [0.15, 0.2) is 0 Å². The summed E-state index contributed by atoms with van der Waals surface area (Å²) in [7, 11) is 1.58. The van der Waals surface area contributed by atoms with Crippen LogP contribution < -0.4 is 10.2 Å². The molecule has 1 aliphatic heterocycles. The predicted molar refractivity (Wildman–Crippen MR) is 85.3 cm³/mol. The first-order valence-corrected chi connectivity index (χ1v) is 7.89. The number of rotatable bonds is 4. The van der Waals surface area contributed by atoms with E-state index in [4.69, 9.17) is 0 Å². The van der Waals surface area contributed by atoms with Crippen LogP contribution in [0.3, 0.4) is 0 Å². The molecule has 0 bridgehead atoms. The van der Waals surface area contributed by atoms with Gasteiger partial charge in [0.25, 0.3) is 0 Å². The number of carboxylic acid groups (broad SMARTS) is 1. The van der Waals surface area contributed by atoms with Gasteiger partial charge in [-0.2, -0.15) is 11.8 Å². The average Bonchev–Trinajstić information content (AvgIpc) is 2.91. The molecule has 1 atom stereocenters. The number of nitrogens with zero attached hydrogens (tertiary/aromatic N) is 1. The van der Waals surface area contributed by atoms with Crippen molar-refractivity contribution in [2.75, 3.05) is 24.2 Å². The molecule has 0 radical (unpaired) electrons. The molecule has 1 fully saturated rings. The summed E-state index contributed by atoms with van der Waals surface area (Å²) in [6.07, 6.45) is 2.27. The first-order valence-electron chi connectivity index (χ1n) is 6.91. The first-order chi connectivity index (χ1) is 9.93. The van der Waals surface area contributed by atoms with Crippen molar-refractivity contribution in [1.82, 2.24) is 5.32 Å². The lowest BCUT2D eigenvalue weighted by Crippen LogP contribution is -2.43. The number of anilines is 1. The normalized spacial score (nSPS) is 21.0. The van der Waals surface area contributed by atoms with Gasteiger partial charge in [-0.15, -0.1) is 0 Å². The van der Waals surface area contributed by atoms with Gasteiger partial charge in [0, 0.05) is 18.3 Å². The molecule has 0 saturated carbocycles. The van der Waals surface area contributed by atoms with Crippen molar-refractivity contribution in [1.29, 1.82) is 0 Å². The molecule has 0 spiro atoms.